The summed E-state index contributed by atoms with van der Waals surface area (Å²) in [7, 11) is 0. The van der Waals surface area contributed by atoms with Gasteiger partial charge in [0.25, 0.3) is 5.91 Å². The second-order valence-corrected chi connectivity index (χ2v) is 6.12. The van der Waals surface area contributed by atoms with Gasteiger partial charge in [0.15, 0.2) is 6.10 Å². The number of aliphatic hydroxyl groups is 2. The standard InChI is InChI=1S/C18H17ClF3NO4/c19-13-5-1-11(2-6-13)16(25)17(26)23-9-14(24)10-27-15-7-3-12(4-8-15)18(20,21)22/h1-8,14,16,24-25H,9-10H2,(H,23,26). The van der Waals surface area contributed by atoms with Gasteiger partial charge in [0.05, 0.1) is 5.56 Å². The van der Waals surface area contributed by atoms with Gasteiger partial charge < -0.3 is 20.3 Å². The molecule has 146 valence electrons. The van der Waals surface area contributed by atoms with Crippen molar-refractivity contribution < 1.29 is 32.9 Å². The zero-order valence-corrected chi connectivity index (χ0v) is 14.7. The molecule has 27 heavy (non-hydrogen) atoms. The number of hydrogen-bond acceptors (Lipinski definition) is 4. The van der Waals surface area contributed by atoms with E-state index in [4.69, 9.17) is 16.3 Å². The van der Waals surface area contributed by atoms with Crippen LogP contribution in [-0.4, -0.2) is 35.4 Å². The third kappa shape index (κ3) is 6.42. The summed E-state index contributed by atoms with van der Waals surface area (Å²) >= 11 is 5.73. The Morgan fingerprint density at radius 2 is 1.67 bits per heavy atom. The number of nitrogens with one attached hydrogen (secondary N) is 1. The molecule has 0 aliphatic carbocycles. The third-order valence-corrected chi connectivity index (χ3v) is 3.82. The number of ether oxygens (including phenoxy) is 1. The molecule has 0 aliphatic heterocycles. The Labute approximate surface area is 158 Å². The minimum absolute atomic E-state index is 0.148. The predicted octanol–water partition coefficient (Wildman–Crippen LogP) is 2.95. The Hall–Kier alpha value is -2.29. The van der Waals surface area contributed by atoms with E-state index < -0.39 is 29.9 Å². The van der Waals surface area contributed by atoms with Crippen molar-refractivity contribution in [3.05, 3.63) is 64.7 Å². The summed E-state index contributed by atoms with van der Waals surface area (Å²) in [5, 5.41) is 22.6. The Morgan fingerprint density at radius 1 is 1.07 bits per heavy atom. The van der Waals surface area contributed by atoms with E-state index in [0.29, 0.717) is 10.6 Å². The summed E-state index contributed by atoms with van der Waals surface area (Å²) in [5.41, 5.74) is -0.466. The summed E-state index contributed by atoms with van der Waals surface area (Å²) in [4.78, 5) is 11.9. The van der Waals surface area contributed by atoms with Crippen molar-refractivity contribution in [2.45, 2.75) is 18.4 Å². The van der Waals surface area contributed by atoms with Crippen molar-refractivity contribution in [1.29, 1.82) is 0 Å². The fraction of sp³-hybridized carbons (Fsp3) is 0.278. The van der Waals surface area contributed by atoms with Crippen molar-refractivity contribution in [2.75, 3.05) is 13.2 Å². The lowest BCUT2D eigenvalue weighted by atomic mass is 10.1. The highest BCUT2D eigenvalue weighted by atomic mass is 35.5. The second kappa shape index (κ2) is 9.07. The first-order valence-corrected chi connectivity index (χ1v) is 8.24. The van der Waals surface area contributed by atoms with Crippen LogP contribution in [0.1, 0.15) is 17.2 Å². The molecule has 0 radical (unpaired) electrons. The number of benzene rings is 2. The lowest BCUT2D eigenvalue weighted by molar-refractivity contribution is -0.137. The molecule has 2 rings (SSSR count). The Kier molecular flexibility index (Phi) is 7.06. The zero-order chi connectivity index (χ0) is 20.0. The van der Waals surface area contributed by atoms with Crippen molar-refractivity contribution in [2.24, 2.45) is 0 Å². The molecular formula is C18H17ClF3NO4. The lowest BCUT2D eigenvalue weighted by Crippen LogP contribution is -2.37. The van der Waals surface area contributed by atoms with Crippen LogP contribution >= 0.6 is 11.6 Å². The van der Waals surface area contributed by atoms with E-state index in [2.05, 4.69) is 5.32 Å². The van der Waals surface area contributed by atoms with E-state index in [9.17, 15) is 28.2 Å². The van der Waals surface area contributed by atoms with Gasteiger partial charge in [-0.15, -0.1) is 0 Å². The fourth-order valence-corrected chi connectivity index (χ4v) is 2.23. The van der Waals surface area contributed by atoms with Gasteiger partial charge in [-0.25, -0.2) is 0 Å². The molecule has 0 aromatic heterocycles. The molecule has 2 unspecified atom stereocenters. The molecule has 2 atom stereocenters. The Morgan fingerprint density at radius 3 is 2.22 bits per heavy atom. The van der Waals surface area contributed by atoms with Crippen LogP contribution < -0.4 is 10.1 Å². The summed E-state index contributed by atoms with van der Waals surface area (Å²) in [6, 6.07) is 10.1. The molecule has 0 heterocycles. The largest absolute Gasteiger partial charge is 0.491 e. The highest BCUT2D eigenvalue weighted by Crippen LogP contribution is 2.30. The fourth-order valence-electron chi connectivity index (χ4n) is 2.10. The third-order valence-electron chi connectivity index (χ3n) is 3.57. The van der Waals surface area contributed by atoms with Gasteiger partial charge in [0.2, 0.25) is 0 Å². The predicted molar refractivity (Wildman–Crippen MR) is 92.4 cm³/mol. The van der Waals surface area contributed by atoms with Crippen LogP contribution in [0.4, 0.5) is 13.2 Å². The summed E-state index contributed by atoms with van der Waals surface area (Å²) in [5.74, 6) is -0.569. The van der Waals surface area contributed by atoms with Crippen LogP contribution in [0.3, 0.4) is 0 Å². The monoisotopic (exact) mass is 403 g/mol. The van der Waals surface area contributed by atoms with Gasteiger partial charge in [-0.2, -0.15) is 13.2 Å². The quantitative estimate of drug-likeness (QED) is 0.664. The number of halogens is 4. The smallest absolute Gasteiger partial charge is 0.416 e. The van der Waals surface area contributed by atoms with Crippen molar-refractivity contribution in [3.63, 3.8) is 0 Å². The first-order valence-electron chi connectivity index (χ1n) is 7.86. The van der Waals surface area contributed by atoms with Gasteiger partial charge in [-0.1, -0.05) is 23.7 Å². The summed E-state index contributed by atoms with van der Waals surface area (Å²) < 4.78 is 42.6. The van der Waals surface area contributed by atoms with Crippen LogP contribution in [-0.2, 0) is 11.0 Å². The average Bonchev–Trinajstić information content (AvgIpc) is 2.64. The molecule has 0 bridgehead atoms. The topological polar surface area (TPSA) is 78.8 Å². The Balaban J connectivity index is 1.77. The van der Waals surface area contributed by atoms with E-state index in [1.165, 1.54) is 24.3 Å². The molecule has 0 saturated heterocycles. The first-order chi connectivity index (χ1) is 12.7. The van der Waals surface area contributed by atoms with E-state index in [0.717, 1.165) is 24.3 Å². The van der Waals surface area contributed by atoms with E-state index >= 15 is 0 Å². The second-order valence-electron chi connectivity index (χ2n) is 5.69. The summed E-state index contributed by atoms with van der Waals surface area (Å²) in [6.07, 6.45) is -6.98. The van der Waals surface area contributed by atoms with Gasteiger partial charge in [-0.3, -0.25) is 4.79 Å². The lowest BCUT2D eigenvalue weighted by Gasteiger charge is -2.16. The van der Waals surface area contributed by atoms with Gasteiger partial charge in [0, 0.05) is 11.6 Å². The number of hydrogen-bond donors (Lipinski definition) is 3. The van der Waals surface area contributed by atoms with Crippen LogP contribution in [0.15, 0.2) is 48.5 Å². The van der Waals surface area contributed by atoms with Gasteiger partial charge >= 0.3 is 6.18 Å². The maximum Gasteiger partial charge on any atom is 0.416 e. The number of aliphatic hydroxyl groups excluding tert-OH is 2. The number of carbonyl (C=O) groups excluding carboxylic acids is 1. The van der Waals surface area contributed by atoms with Crippen LogP contribution in [0.2, 0.25) is 5.02 Å². The summed E-state index contributed by atoms with van der Waals surface area (Å²) in [6.45, 7) is -0.452. The molecule has 5 nitrogen and oxygen atoms in total. The molecule has 2 aromatic rings. The molecule has 0 fully saturated rings. The number of alkyl halides is 3. The van der Waals surface area contributed by atoms with Crippen molar-refractivity contribution >= 4 is 17.5 Å². The van der Waals surface area contributed by atoms with Crippen LogP contribution in [0.5, 0.6) is 5.75 Å². The Bertz CT molecular complexity index is 751. The number of amides is 1. The molecule has 0 saturated carbocycles. The first kappa shape index (κ1) is 21.0. The van der Waals surface area contributed by atoms with Crippen molar-refractivity contribution in [1.82, 2.24) is 5.32 Å². The SMILES string of the molecule is O=C(NCC(O)COc1ccc(C(F)(F)F)cc1)C(O)c1ccc(Cl)cc1. The molecule has 0 aliphatic rings. The molecule has 1 amide bonds. The maximum absolute atomic E-state index is 12.5. The van der Waals surface area contributed by atoms with Crippen LogP contribution in [0, 0.1) is 0 Å². The van der Waals surface area contributed by atoms with E-state index in [1.807, 2.05) is 0 Å². The van der Waals surface area contributed by atoms with Gasteiger partial charge in [0.1, 0.15) is 18.5 Å². The maximum atomic E-state index is 12.5. The highest BCUT2D eigenvalue weighted by molar-refractivity contribution is 6.30. The van der Waals surface area contributed by atoms with Crippen molar-refractivity contribution in [3.8, 4) is 5.75 Å². The molecule has 0 spiro atoms. The average molecular weight is 404 g/mol. The minimum atomic E-state index is -4.44. The van der Waals surface area contributed by atoms with E-state index in [-0.39, 0.29) is 18.9 Å². The van der Waals surface area contributed by atoms with Gasteiger partial charge in [-0.05, 0) is 42.0 Å². The number of carbonyl (C=O) groups is 1. The number of rotatable bonds is 7. The normalized spacial score (nSPS) is 13.7. The minimum Gasteiger partial charge on any atom is -0.491 e. The molecule has 3 N–H and O–H groups in total. The molecule has 2 aromatic carbocycles. The highest BCUT2D eigenvalue weighted by Gasteiger charge is 2.30. The molecular weight excluding hydrogens is 387 g/mol. The molecule has 9 heteroatoms. The zero-order valence-electron chi connectivity index (χ0n) is 13.9. The van der Waals surface area contributed by atoms with Crippen LogP contribution in [0.25, 0.3) is 0 Å². The van der Waals surface area contributed by atoms with E-state index in [1.54, 1.807) is 0 Å².